The number of fused-ring (bicyclic) bond motifs is 1. The molecule has 1 aromatic carbocycles. The number of unbranched alkanes of at least 4 members (excludes halogenated alkanes) is 2. The third-order valence-electron chi connectivity index (χ3n) is 8.61. The molecule has 4 rings (SSSR count). The number of ether oxygens (including phenoxy) is 1. The molecule has 8 nitrogen and oxygen atoms in total. The summed E-state index contributed by atoms with van der Waals surface area (Å²) in [6, 6.07) is 6.76. The number of anilines is 1. The van der Waals surface area contributed by atoms with Crippen LogP contribution in [-0.2, 0) is 14.4 Å². The van der Waals surface area contributed by atoms with Gasteiger partial charge in [-0.25, -0.2) is 0 Å². The summed E-state index contributed by atoms with van der Waals surface area (Å²) in [7, 11) is 0. The molecule has 0 saturated carbocycles. The summed E-state index contributed by atoms with van der Waals surface area (Å²) in [6.07, 6.45) is 8.28. The smallest absolute Gasteiger partial charge is 0.247 e. The summed E-state index contributed by atoms with van der Waals surface area (Å²) >= 11 is 1.68. The molecular formula is C32H45N3O5S. The minimum absolute atomic E-state index is 0.0327. The van der Waals surface area contributed by atoms with Crippen molar-refractivity contribution in [3.63, 3.8) is 0 Å². The Morgan fingerprint density at radius 2 is 1.85 bits per heavy atom. The molecule has 2 unspecified atom stereocenters. The zero-order valence-corrected chi connectivity index (χ0v) is 25.3. The number of carbonyl (C=O) groups is 3. The van der Waals surface area contributed by atoms with Gasteiger partial charge in [-0.2, -0.15) is 0 Å². The van der Waals surface area contributed by atoms with Crippen LogP contribution in [0.5, 0.6) is 5.75 Å². The van der Waals surface area contributed by atoms with E-state index in [4.69, 9.17) is 4.74 Å². The molecule has 5 atom stereocenters. The van der Waals surface area contributed by atoms with E-state index in [0.29, 0.717) is 39.2 Å². The van der Waals surface area contributed by atoms with Crippen molar-refractivity contribution in [2.75, 3.05) is 44.3 Å². The first-order chi connectivity index (χ1) is 19.9. The van der Waals surface area contributed by atoms with Crippen molar-refractivity contribution < 1.29 is 24.2 Å². The van der Waals surface area contributed by atoms with Crippen LogP contribution >= 0.6 is 11.8 Å². The van der Waals surface area contributed by atoms with E-state index in [-0.39, 0.29) is 29.6 Å². The Morgan fingerprint density at radius 1 is 1.12 bits per heavy atom. The first kappa shape index (κ1) is 31.2. The highest BCUT2D eigenvalue weighted by atomic mass is 32.2. The van der Waals surface area contributed by atoms with Gasteiger partial charge in [0.1, 0.15) is 11.8 Å². The van der Waals surface area contributed by atoms with Gasteiger partial charge >= 0.3 is 0 Å². The molecule has 2 bridgehead atoms. The molecule has 0 aromatic heterocycles. The average molecular weight is 584 g/mol. The highest BCUT2D eigenvalue weighted by Gasteiger charge is 2.74. The van der Waals surface area contributed by atoms with Gasteiger partial charge in [-0.05, 0) is 56.9 Å². The Balaban J connectivity index is 1.68. The molecule has 1 spiro atoms. The summed E-state index contributed by atoms with van der Waals surface area (Å²) in [5.41, 5.74) is 0.725. The second-order valence-electron chi connectivity index (χ2n) is 11.1. The van der Waals surface area contributed by atoms with Gasteiger partial charge in [0.25, 0.3) is 0 Å². The lowest BCUT2D eigenvalue weighted by Gasteiger charge is -2.37. The predicted octanol–water partition coefficient (Wildman–Crippen LogP) is 4.28. The Labute approximate surface area is 248 Å². The Morgan fingerprint density at radius 3 is 2.49 bits per heavy atom. The van der Waals surface area contributed by atoms with Crippen LogP contribution in [0.15, 0.2) is 49.6 Å². The Kier molecular flexibility index (Phi) is 10.6. The number of hydrogen-bond donors (Lipinski definition) is 1. The quantitative estimate of drug-likeness (QED) is 0.231. The summed E-state index contributed by atoms with van der Waals surface area (Å²) in [6.45, 7) is 13.9. The third-order valence-corrected chi connectivity index (χ3v) is 10.6. The molecule has 9 heteroatoms. The topological polar surface area (TPSA) is 90.4 Å². The van der Waals surface area contributed by atoms with Crippen LogP contribution in [0.2, 0.25) is 0 Å². The first-order valence-electron chi connectivity index (χ1n) is 15.0. The van der Waals surface area contributed by atoms with E-state index in [0.717, 1.165) is 43.5 Å². The summed E-state index contributed by atoms with van der Waals surface area (Å²) in [4.78, 5) is 48.1. The third kappa shape index (κ3) is 5.93. The maximum atomic E-state index is 14.3. The average Bonchev–Trinajstić information content (AvgIpc) is 3.62. The summed E-state index contributed by atoms with van der Waals surface area (Å²) in [5.74, 6) is -0.690. The lowest BCUT2D eigenvalue weighted by molar-refractivity contribution is -0.142. The van der Waals surface area contributed by atoms with Crippen LogP contribution in [0.25, 0.3) is 0 Å². The molecule has 1 N–H and O–H groups in total. The molecule has 0 aliphatic carbocycles. The van der Waals surface area contributed by atoms with Crippen molar-refractivity contribution >= 4 is 35.2 Å². The number of rotatable bonds is 16. The molecular weight excluding hydrogens is 538 g/mol. The summed E-state index contributed by atoms with van der Waals surface area (Å²) < 4.78 is 4.92. The number of nitrogens with zero attached hydrogens (tertiary/aromatic N) is 3. The maximum absolute atomic E-state index is 14.3. The van der Waals surface area contributed by atoms with Crippen molar-refractivity contribution in [3.05, 3.63) is 49.6 Å². The Bertz CT molecular complexity index is 1110. The van der Waals surface area contributed by atoms with Crippen LogP contribution in [0.1, 0.15) is 52.4 Å². The van der Waals surface area contributed by atoms with E-state index in [1.807, 2.05) is 36.1 Å². The lowest BCUT2D eigenvalue weighted by atomic mass is 9.70. The molecule has 41 heavy (non-hydrogen) atoms. The minimum atomic E-state index is -0.655. The number of amides is 3. The van der Waals surface area contributed by atoms with Gasteiger partial charge in [0, 0.05) is 43.7 Å². The van der Waals surface area contributed by atoms with Crippen LogP contribution in [-0.4, -0.2) is 88.1 Å². The van der Waals surface area contributed by atoms with Gasteiger partial charge in [-0.15, -0.1) is 24.9 Å². The molecule has 3 amide bonds. The van der Waals surface area contributed by atoms with Gasteiger partial charge in [0.05, 0.1) is 23.2 Å². The SMILES string of the molecule is C=CCN(CCCCC)C(=O)C1N(CCCO)C(=O)[C@@H]2[C@@H](C(=O)N(CC=C)c3ccc(OCC)cc3)[C@H]3CCC12S3. The highest BCUT2D eigenvalue weighted by molar-refractivity contribution is 8.02. The number of benzene rings is 1. The van der Waals surface area contributed by atoms with Gasteiger partial charge < -0.3 is 24.5 Å². The maximum Gasteiger partial charge on any atom is 0.247 e. The van der Waals surface area contributed by atoms with Crippen molar-refractivity contribution in [3.8, 4) is 5.75 Å². The van der Waals surface area contributed by atoms with Crippen molar-refractivity contribution in [2.24, 2.45) is 11.8 Å². The van der Waals surface area contributed by atoms with Gasteiger partial charge in [-0.1, -0.05) is 31.9 Å². The molecule has 3 fully saturated rings. The van der Waals surface area contributed by atoms with E-state index in [9.17, 15) is 19.5 Å². The monoisotopic (exact) mass is 583 g/mol. The fourth-order valence-electron chi connectivity index (χ4n) is 6.89. The molecule has 224 valence electrons. The number of hydrogen-bond acceptors (Lipinski definition) is 6. The van der Waals surface area contributed by atoms with E-state index in [1.165, 1.54) is 0 Å². The number of aliphatic hydroxyl groups excluding tert-OH is 1. The van der Waals surface area contributed by atoms with E-state index in [2.05, 4.69) is 20.1 Å². The zero-order valence-electron chi connectivity index (χ0n) is 24.5. The first-order valence-corrected chi connectivity index (χ1v) is 15.9. The van der Waals surface area contributed by atoms with Crippen LogP contribution < -0.4 is 9.64 Å². The second-order valence-corrected chi connectivity index (χ2v) is 12.7. The zero-order chi connectivity index (χ0) is 29.6. The molecule has 3 heterocycles. The molecule has 3 aliphatic heterocycles. The van der Waals surface area contributed by atoms with Crippen molar-refractivity contribution in [2.45, 2.75) is 68.4 Å². The number of likely N-dealkylation sites (tertiary alicyclic amines) is 1. The number of thioether (sulfide) groups is 1. The lowest BCUT2D eigenvalue weighted by Crippen LogP contribution is -2.55. The van der Waals surface area contributed by atoms with Gasteiger partial charge in [0.2, 0.25) is 17.7 Å². The van der Waals surface area contributed by atoms with E-state index in [1.54, 1.807) is 33.7 Å². The van der Waals surface area contributed by atoms with E-state index >= 15 is 0 Å². The van der Waals surface area contributed by atoms with Crippen molar-refractivity contribution in [1.82, 2.24) is 9.80 Å². The van der Waals surface area contributed by atoms with Crippen LogP contribution in [0.4, 0.5) is 5.69 Å². The molecule has 3 saturated heterocycles. The minimum Gasteiger partial charge on any atom is -0.494 e. The standard InChI is InChI=1S/C32H45N3O5S/c1-5-9-10-20-33(18-6-2)31(39)28-32-17-16-25(41-32)26(27(32)30(38)35(28)21-11-22-36)29(37)34(19-7-3)23-12-14-24(15-13-23)40-8-4/h6-7,12-15,25-28,36H,2-3,5,8-11,16-22H2,1,4H3/t25-,26+,27+,28?,32?/m1/s1. The predicted molar refractivity (Wildman–Crippen MR) is 164 cm³/mol. The van der Waals surface area contributed by atoms with Crippen molar-refractivity contribution in [1.29, 1.82) is 0 Å². The van der Waals surface area contributed by atoms with E-state index < -0.39 is 22.6 Å². The molecule has 1 aromatic rings. The van der Waals surface area contributed by atoms with Gasteiger partial charge in [0.15, 0.2) is 0 Å². The highest BCUT2D eigenvalue weighted by Crippen LogP contribution is 2.66. The van der Waals surface area contributed by atoms with Crippen LogP contribution in [0.3, 0.4) is 0 Å². The van der Waals surface area contributed by atoms with Crippen LogP contribution in [0, 0.1) is 11.8 Å². The largest absolute Gasteiger partial charge is 0.494 e. The fraction of sp³-hybridized carbons (Fsp3) is 0.594. The fourth-order valence-corrected chi connectivity index (χ4v) is 9.10. The van der Waals surface area contributed by atoms with Gasteiger partial charge in [-0.3, -0.25) is 14.4 Å². The number of aliphatic hydroxyl groups is 1. The normalized spacial score (nSPS) is 26.1. The molecule has 0 radical (unpaired) electrons. The second kappa shape index (κ2) is 13.9. The summed E-state index contributed by atoms with van der Waals surface area (Å²) in [5, 5.41) is 9.59. The Hall–Kier alpha value is -2.78. The molecule has 3 aliphatic rings. The number of carbonyl (C=O) groups excluding carboxylic acids is 3.